The van der Waals surface area contributed by atoms with Gasteiger partial charge in [-0.3, -0.25) is 4.79 Å². The van der Waals surface area contributed by atoms with Crippen LogP contribution in [0.4, 0.5) is 4.79 Å². The van der Waals surface area contributed by atoms with Crippen molar-refractivity contribution in [3.63, 3.8) is 0 Å². The van der Waals surface area contributed by atoms with Crippen molar-refractivity contribution < 1.29 is 19.8 Å². The van der Waals surface area contributed by atoms with Gasteiger partial charge in [0.1, 0.15) is 0 Å². The molecule has 3 N–H and O–H groups in total. The van der Waals surface area contributed by atoms with Gasteiger partial charge in [0, 0.05) is 12.6 Å². The Hall–Kier alpha value is -1.30. The van der Waals surface area contributed by atoms with E-state index in [4.69, 9.17) is 5.11 Å². The van der Waals surface area contributed by atoms with E-state index in [2.05, 4.69) is 5.32 Å². The predicted octanol–water partition coefficient (Wildman–Crippen LogP) is 1.43. The van der Waals surface area contributed by atoms with E-state index in [9.17, 15) is 14.7 Å². The summed E-state index contributed by atoms with van der Waals surface area (Å²) < 4.78 is 0. The van der Waals surface area contributed by atoms with E-state index in [-0.39, 0.29) is 24.5 Å². The number of urea groups is 1. The number of carbonyl (C=O) groups is 2. The van der Waals surface area contributed by atoms with Crippen molar-refractivity contribution in [1.82, 2.24) is 10.2 Å². The summed E-state index contributed by atoms with van der Waals surface area (Å²) in [6, 6.07) is -0.151. The van der Waals surface area contributed by atoms with Gasteiger partial charge in [-0.2, -0.15) is 0 Å². The van der Waals surface area contributed by atoms with Crippen LogP contribution in [0.1, 0.15) is 46.5 Å². The van der Waals surface area contributed by atoms with Crippen LogP contribution in [0, 0.1) is 5.92 Å². The lowest BCUT2D eigenvalue weighted by Gasteiger charge is -2.32. The second-order valence-corrected chi connectivity index (χ2v) is 6.16. The van der Waals surface area contributed by atoms with Gasteiger partial charge in [-0.25, -0.2) is 4.79 Å². The zero-order chi connectivity index (χ0) is 15.3. The van der Waals surface area contributed by atoms with Crippen molar-refractivity contribution in [2.75, 3.05) is 13.1 Å². The second-order valence-electron chi connectivity index (χ2n) is 6.16. The summed E-state index contributed by atoms with van der Waals surface area (Å²) in [7, 11) is 0. The molecule has 0 unspecified atom stereocenters. The molecular weight excluding hydrogens is 260 g/mol. The minimum Gasteiger partial charge on any atom is -0.481 e. The quantitative estimate of drug-likeness (QED) is 0.713. The molecule has 0 saturated heterocycles. The van der Waals surface area contributed by atoms with Crippen molar-refractivity contribution in [2.45, 2.75) is 58.1 Å². The van der Waals surface area contributed by atoms with E-state index in [1.807, 2.05) is 6.92 Å². The van der Waals surface area contributed by atoms with Crippen LogP contribution in [0.25, 0.3) is 0 Å². The van der Waals surface area contributed by atoms with Gasteiger partial charge in [-0.15, -0.1) is 0 Å². The van der Waals surface area contributed by atoms with E-state index in [0.717, 1.165) is 0 Å². The fourth-order valence-electron chi connectivity index (χ4n) is 2.54. The highest BCUT2D eigenvalue weighted by molar-refractivity contribution is 5.74. The molecule has 2 amide bonds. The average Bonchev–Trinajstić information content (AvgIpc) is 2.35. The summed E-state index contributed by atoms with van der Waals surface area (Å²) in [6.45, 7) is 6.01. The van der Waals surface area contributed by atoms with E-state index in [1.54, 1.807) is 18.7 Å². The first kappa shape index (κ1) is 16.8. The number of likely N-dealkylation sites (N-methyl/N-ethyl adjacent to an activating group) is 1. The molecular formula is C14H26N2O4. The number of nitrogens with zero attached hydrogens (tertiary/aromatic N) is 1. The maximum atomic E-state index is 12.1. The van der Waals surface area contributed by atoms with Gasteiger partial charge < -0.3 is 20.4 Å². The zero-order valence-corrected chi connectivity index (χ0v) is 12.6. The molecule has 6 nitrogen and oxygen atoms in total. The molecule has 0 aromatic heterocycles. The molecule has 0 aliphatic heterocycles. The molecule has 20 heavy (non-hydrogen) atoms. The number of aliphatic carboxylic acids is 1. The molecule has 0 aromatic carbocycles. The number of hydrogen-bond donors (Lipinski definition) is 3. The van der Waals surface area contributed by atoms with Crippen LogP contribution in [0.5, 0.6) is 0 Å². The predicted molar refractivity (Wildman–Crippen MR) is 75.5 cm³/mol. The summed E-state index contributed by atoms with van der Waals surface area (Å²) in [5.41, 5.74) is -0.922. The lowest BCUT2D eigenvalue weighted by Crippen LogP contribution is -2.50. The minimum absolute atomic E-state index is 0.0361. The molecule has 0 radical (unpaired) electrons. The van der Waals surface area contributed by atoms with E-state index < -0.39 is 11.6 Å². The molecule has 116 valence electrons. The van der Waals surface area contributed by atoms with Gasteiger partial charge in [-0.1, -0.05) is 0 Å². The molecule has 0 spiro atoms. The third kappa shape index (κ3) is 5.36. The van der Waals surface area contributed by atoms with E-state index in [1.165, 1.54) is 0 Å². The van der Waals surface area contributed by atoms with Crippen LogP contribution in [0.2, 0.25) is 0 Å². The average molecular weight is 286 g/mol. The van der Waals surface area contributed by atoms with Crippen LogP contribution in [-0.2, 0) is 4.79 Å². The van der Waals surface area contributed by atoms with Crippen LogP contribution in [-0.4, -0.2) is 51.8 Å². The Morgan fingerprint density at radius 1 is 1.25 bits per heavy atom. The van der Waals surface area contributed by atoms with Gasteiger partial charge in [0.05, 0.1) is 18.1 Å². The van der Waals surface area contributed by atoms with Gasteiger partial charge in [0.15, 0.2) is 0 Å². The normalized spacial score (nSPS) is 23.2. The van der Waals surface area contributed by atoms with Crippen molar-refractivity contribution in [3.05, 3.63) is 0 Å². The fraction of sp³-hybridized carbons (Fsp3) is 0.857. The molecule has 1 saturated carbocycles. The first-order valence-electron chi connectivity index (χ1n) is 7.23. The summed E-state index contributed by atoms with van der Waals surface area (Å²) in [4.78, 5) is 24.6. The van der Waals surface area contributed by atoms with Gasteiger partial charge >= 0.3 is 12.0 Å². The van der Waals surface area contributed by atoms with Gasteiger partial charge in [0.25, 0.3) is 0 Å². The summed E-state index contributed by atoms with van der Waals surface area (Å²) in [6.07, 6.45) is 2.61. The summed E-state index contributed by atoms with van der Waals surface area (Å²) in [5, 5.41) is 21.7. The lowest BCUT2D eigenvalue weighted by atomic mass is 9.86. The van der Waals surface area contributed by atoms with Crippen molar-refractivity contribution in [2.24, 2.45) is 5.92 Å². The number of carboxylic acids is 1. The highest BCUT2D eigenvalue weighted by atomic mass is 16.4. The number of nitrogens with one attached hydrogen (secondary N) is 1. The maximum absolute atomic E-state index is 12.1. The lowest BCUT2D eigenvalue weighted by molar-refractivity contribution is -0.142. The molecule has 1 aliphatic carbocycles. The first-order valence-corrected chi connectivity index (χ1v) is 7.23. The second kappa shape index (κ2) is 6.92. The number of carboxylic acid groups (broad SMARTS) is 1. The smallest absolute Gasteiger partial charge is 0.317 e. The van der Waals surface area contributed by atoms with Gasteiger partial charge in [-0.05, 0) is 46.5 Å². The summed E-state index contributed by atoms with van der Waals surface area (Å²) >= 11 is 0. The Labute approximate surface area is 120 Å². The topological polar surface area (TPSA) is 89.9 Å². The van der Waals surface area contributed by atoms with E-state index >= 15 is 0 Å². The highest BCUT2D eigenvalue weighted by Crippen LogP contribution is 2.24. The first-order chi connectivity index (χ1) is 9.23. The fourth-order valence-corrected chi connectivity index (χ4v) is 2.54. The number of carbonyl (C=O) groups excluding carboxylic acids is 1. The Balaban J connectivity index is 2.44. The summed E-state index contributed by atoms with van der Waals surface area (Å²) in [5.74, 6) is -1.02. The van der Waals surface area contributed by atoms with E-state index in [0.29, 0.717) is 32.2 Å². The highest BCUT2D eigenvalue weighted by Gasteiger charge is 2.28. The zero-order valence-electron chi connectivity index (χ0n) is 12.6. The molecule has 0 heterocycles. The molecule has 1 aliphatic rings. The maximum Gasteiger partial charge on any atom is 0.317 e. The molecule has 6 heteroatoms. The molecule has 0 atom stereocenters. The minimum atomic E-state index is -0.922. The van der Waals surface area contributed by atoms with Crippen LogP contribution in [0.3, 0.4) is 0 Å². The van der Waals surface area contributed by atoms with Crippen LogP contribution >= 0.6 is 0 Å². The molecule has 1 fully saturated rings. The third-order valence-corrected chi connectivity index (χ3v) is 3.65. The SMILES string of the molecule is CCN(CC(C)(C)O)C(=O)NC1CCC(C(=O)O)CC1. The van der Waals surface area contributed by atoms with Crippen molar-refractivity contribution in [3.8, 4) is 0 Å². The Kier molecular flexibility index (Phi) is 5.80. The number of hydrogen-bond acceptors (Lipinski definition) is 3. The van der Waals surface area contributed by atoms with Gasteiger partial charge in [0.2, 0.25) is 0 Å². The Morgan fingerprint density at radius 2 is 1.80 bits per heavy atom. The largest absolute Gasteiger partial charge is 0.481 e. The van der Waals surface area contributed by atoms with Crippen LogP contribution in [0.15, 0.2) is 0 Å². The molecule has 0 aromatic rings. The van der Waals surface area contributed by atoms with Crippen molar-refractivity contribution in [1.29, 1.82) is 0 Å². The number of amides is 2. The Bertz CT molecular complexity index is 344. The van der Waals surface area contributed by atoms with Crippen molar-refractivity contribution >= 4 is 12.0 Å². The monoisotopic (exact) mass is 286 g/mol. The molecule has 1 rings (SSSR count). The third-order valence-electron chi connectivity index (χ3n) is 3.65. The Morgan fingerprint density at radius 3 is 2.20 bits per heavy atom. The number of aliphatic hydroxyl groups is 1. The standard InChI is InChI=1S/C14H26N2O4/c1-4-16(9-14(2,3)20)13(19)15-11-7-5-10(6-8-11)12(17)18/h10-11,20H,4-9H2,1-3H3,(H,15,19)(H,17,18). The number of rotatable bonds is 5. The molecule has 0 bridgehead atoms. The van der Waals surface area contributed by atoms with Crippen LogP contribution < -0.4 is 5.32 Å².